The minimum atomic E-state index is -0.283. The van der Waals surface area contributed by atoms with E-state index < -0.39 is 0 Å². The molecule has 108 valence electrons. The highest BCUT2D eigenvalue weighted by atomic mass is 79.9. The molecule has 21 heavy (non-hydrogen) atoms. The number of aromatic nitrogens is 2. The third-order valence-electron chi connectivity index (χ3n) is 3.10. The van der Waals surface area contributed by atoms with E-state index in [4.69, 9.17) is 4.42 Å². The van der Waals surface area contributed by atoms with Crippen LogP contribution in [0.5, 0.6) is 0 Å². The number of furan rings is 1. The van der Waals surface area contributed by atoms with E-state index in [1.165, 1.54) is 12.1 Å². The Hall–Kier alpha value is -2.08. The molecular formula is C15H13BrFN3O. The number of rotatable bonds is 4. The van der Waals surface area contributed by atoms with Crippen LogP contribution in [0.4, 0.5) is 10.1 Å². The first kappa shape index (κ1) is 13.9. The van der Waals surface area contributed by atoms with Crippen molar-refractivity contribution >= 4 is 21.6 Å². The quantitative estimate of drug-likeness (QED) is 0.729. The fraction of sp³-hybridized carbons (Fsp3) is 0.133. The van der Waals surface area contributed by atoms with Crippen molar-refractivity contribution in [3.63, 3.8) is 0 Å². The van der Waals surface area contributed by atoms with Gasteiger partial charge in [0.1, 0.15) is 17.3 Å². The molecule has 0 atom stereocenters. The van der Waals surface area contributed by atoms with E-state index in [0.29, 0.717) is 12.2 Å². The van der Waals surface area contributed by atoms with Crippen LogP contribution in [-0.4, -0.2) is 10.2 Å². The monoisotopic (exact) mass is 349 g/mol. The highest BCUT2D eigenvalue weighted by Gasteiger charge is 2.11. The standard InChI is InChI=1S/C15H13BrFN3O/c1-9-2-5-14(21-9)15-10(8-19-20-15)7-18-13-6-11(17)3-4-12(13)16/h2-6,8,18H,7H2,1H3,(H,19,20). The predicted octanol–water partition coefficient (Wildman–Crippen LogP) is 4.49. The molecule has 0 aliphatic rings. The molecule has 0 radical (unpaired) electrons. The summed E-state index contributed by atoms with van der Waals surface area (Å²) in [5.74, 6) is 1.29. The van der Waals surface area contributed by atoms with Crippen LogP contribution >= 0.6 is 15.9 Å². The van der Waals surface area contributed by atoms with Crippen LogP contribution in [0.25, 0.3) is 11.5 Å². The Bertz CT molecular complexity index is 766. The van der Waals surface area contributed by atoms with Crippen LogP contribution in [0.15, 0.2) is 45.4 Å². The third kappa shape index (κ3) is 3.00. The van der Waals surface area contributed by atoms with Gasteiger partial charge in [-0.1, -0.05) is 0 Å². The zero-order chi connectivity index (χ0) is 14.8. The molecule has 0 unspecified atom stereocenters. The lowest BCUT2D eigenvalue weighted by Gasteiger charge is -2.08. The summed E-state index contributed by atoms with van der Waals surface area (Å²) in [6, 6.07) is 8.32. The van der Waals surface area contributed by atoms with E-state index in [9.17, 15) is 4.39 Å². The maximum atomic E-state index is 13.3. The summed E-state index contributed by atoms with van der Waals surface area (Å²) in [5.41, 5.74) is 2.46. The molecule has 6 heteroatoms. The van der Waals surface area contributed by atoms with E-state index in [2.05, 4.69) is 31.4 Å². The Labute approximate surface area is 129 Å². The molecule has 0 spiro atoms. The predicted molar refractivity (Wildman–Crippen MR) is 82.5 cm³/mol. The minimum Gasteiger partial charge on any atom is -0.460 e. The molecule has 2 aromatic heterocycles. The molecule has 2 heterocycles. The molecule has 0 saturated heterocycles. The molecule has 4 nitrogen and oxygen atoms in total. The van der Waals surface area contributed by atoms with Gasteiger partial charge in [0.05, 0.1) is 11.9 Å². The van der Waals surface area contributed by atoms with E-state index >= 15 is 0 Å². The zero-order valence-electron chi connectivity index (χ0n) is 11.3. The number of halogens is 2. The van der Waals surface area contributed by atoms with Gasteiger partial charge in [-0.25, -0.2) is 4.39 Å². The molecule has 0 bridgehead atoms. The first-order valence-electron chi connectivity index (χ1n) is 6.41. The number of H-pyrrole nitrogens is 1. The van der Waals surface area contributed by atoms with Crippen molar-refractivity contribution in [2.24, 2.45) is 0 Å². The maximum absolute atomic E-state index is 13.3. The summed E-state index contributed by atoms with van der Waals surface area (Å²) < 4.78 is 19.7. The first-order chi connectivity index (χ1) is 10.1. The number of benzene rings is 1. The highest BCUT2D eigenvalue weighted by molar-refractivity contribution is 9.10. The van der Waals surface area contributed by atoms with Crippen LogP contribution in [0.3, 0.4) is 0 Å². The zero-order valence-corrected chi connectivity index (χ0v) is 12.9. The summed E-state index contributed by atoms with van der Waals surface area (Å²) >= 11 is 3.39. The number of aromatic amines is 1. The lowest BCUT2D eigenvalue weighted by atomic mass is 10.2. The second-order valence-corrected chi connectivity index (χ2v) is 5.51. The van der Waals surface area contributed by atoms with Gasteiger partial charge in [0.15, 0.2) is 5.76 Å². The van der Waals surface area contributed by atoms with Gasteiger partial charge >= 0.3 is 0 Å². The average molecular weight is 350 g/mol. The molecule has 0 saturated carbocycles. The maximum Gasteiger partial charge on any atom is 0.152 e. The van der Waals surface area contributed by atoms with Crippen LogP contribution in [0.1, 0.15) is 11.3 Å². The van der Waals surface area contributed by atoms with Crippen LogP contribution in [0, 0.1) is 12.7 Å². The van der Waals surface area contributed by atoms with Crippen molar-refractivity contribution < 1.29 is 8.81 Å². The average Bonchev–Trinajstić information content (AvgIpc) is 3.08. The van der Waals surface area contributed by atoms with Crippen molar-refractivity contribution in [1.82, 2.24) is 10.2 Å². The Kier molecular flexibility index (Phi) is 3.79. The van der Waals surface area contributed by atoms with E-state index in [1.54, 1.807) is 12.3 Å². The van der Waals surface area contributed by atoms with Gasteiger partial charge < -0.3 is 9.73 Å². The van der Waals surface area contributed by atoms with Crippen LogP contribution in [-0.2, 0) is 6.54 Å². The van der Waals surface area contributed by atoms with Crippen molar-refractivity contribution in [3.8, 4) is 11.5 Å². The van der Waals surface area contributed by atoms with Crippen molar-refractivity contribution in [3.05, 3.63) is 58.1 Å². The van der Waals surface area contributed by atoms with Crippen molar-refractivity contribution in [2.45, 2.75) is 13.5 Å². The minimum absolute atomic E-state index is 0.283. The van der Waals surface area contributed by atoms with Gasteiger partial charge in [-0.3, -0.25) is 5.10 Å². The van der Waals surface area contributed by atoms with E-state index in [-0.39, 0.29) is 5.82 Å². The van der Waals surface area contributed by atoms with Crippen molar-refractivity contribution in [2.75, 3.05) is 5.32 Å². The number of nitrogens with zero attached hydrogens (tertiary/aromatic N) is 1. The molecule has 0 aliphatic carbocycles. The van der Waals surface area contributed by atoms with Gasteiger partial charge in [-0.2, -0.15) is 5.10 Å². The van der Waals surface area contributed by atoms with E-state index in [1.807, 2.05) is 19.1 Å². The van der Waals surface area contributed by atoms with Gasteiger partial charge in [-0.15, -0.1) is 0 Å². The normalized spacial score (nSPS) is 10.8. The fourth-order valence-electron chi connectivity index (χ4n) is 2.05. The smallest absolute Gasteiger partial charge is 0.152 e. The van der Waals surface area contributed by atoms with Gasteiger partial charge in [0.2, 0.25) is 0 Å². The molecular weight excluding hydrogens is 337 g/mol. The van der Waals surface area contributed by atoms with Crippen LogP contribution in [0.2, 0.25) is 0 Å². The molecule has 0 amide bonds. The molecule has 0 fully saturated rings. The van der Waals surface area contributed by atoms with Crippen LogP contribution < -0.4 is 5.32 Å². The Morgan fingerprint density at radius 2 is 2.19 bits per heavy atom. The SMILES string of the molecule is Cc1ccc(-c2[nH]ncc2CNc2cc(F)ccc2Br)o1. The number of hydrogen-bond donors (Lipinski definition) is 2. The summed E-state index contributed by atoms with van der Waals surface area (Å²) in [6.07, 6.45) is 1.73. The van der Waals surface area contributed by atoms with Gasteiger partial charge in [0.25, 0.3) is 0 Å². The largest absolute Gasteiger partial charge is 0.460 e. The fourth-order valence-corrected chi connectivity index (χ4v) is 2.44. The lowest BCUT2D eigenvalue weighted by molar-refractivity contribution is 0.545. The summed E-state index contributed by atoms with van der Waals surface area (Å²) in [4.78, 5) is 0. The molecule has 2 N–H and O–H groups in total. The van der Waals surface area contributed by atoms with E-state index in [0.717, 1.165) is 27.3 Å². The summed E-state index contributed by atoms with van der Waals surface area (Å²) in [7, 11) is 0. The number of anilines is 1. The second-order valence-electron chi connectivity index (χ2n) is 4.66. The number of hydrogen-bond acceptors (Lipinski definition) is 3. The Morgan fingerprint density at radius 3 is 2.95 bits per heavy atom. The third-order valence-corrected chi connectivity index (χ3v) is 3.79. The topological polar surface area (TPSA) is 53.9 Å². The first-order valence-corrected chi connectivity index (χ1v) is 7.21. The lowest BCUT2D eigenvalue weighted by Crippen LogP contribution is -2.01. The number of aryl methyl sites for hydroxylation is 1. The highest BCUT2D eigenvalue weighted by Crippen LogP contribution is 2.26. The molecule has 3 rings (SSSR count). The molecule has 1 aromatic carbocycles. The summed E-state index contributed by atoms with van der Waals surface area (Å²) in [5, 5.41) is 10.2. The number of nitrogens with one attached hydrogen (secondary N) is 2. The van der Waals surface area contributed by atoms with Gasteiger partial charge in [-0.05, 0) is 53.2 Å². The molecule has 3 aromatic rings. The summed E-state index contributed by atoms with van der Waals surface area (Å²) in [6.45, 7) is 2.40. The van der Waals surface area contributed by atoms with Crippen molar-refractivity contribution in [1.29, 1.82) is 0 Å². The Balaban J connectivity index is 1.80. The Morgan fingerprint density at radius 1 is 1.33 bits per heavy atom. The molecule has 0 aliphatic heterocycles. The van der Waals surface area contributed by atoms with Gasteiger partial charge in [0, 0.05) is 16.6 Å². The second kappa shape index (κ2) is 5.73.